The van der Waals surface area contributed by atoms with E-state index in [0.717, 1.165) is 22.6 Å². The van der Waals surface area contributed by atoms with Gasteiger partial charge >= 0.3 is 0 Å². The molecule has 102 valence electrons. The molecule has 4 heterocycles. The molecule has 0 saturated heterocycles. The minimum absolute atomic E-state index is 0.963. The molecule has 0 N–H and O–H groups in total. The molecule has 0 atom stereocenters. The number of hydrogen-bond acceptors (Lipinski definition) is 3. The highest BCUT2D eigenvalue weighted by molar-refractivity contribution is 7.13. The first kappa shape index (κ1) is 12.3. The maximum Gasteiger partial charge on any atom is 0.137 e. The van der Waals surface area contributed by atoms with Crippen LogP contribution in [0.25, 0.3) is 27.5 Å². The summed E-state index contributed by atoms with van der Waals surface area (Å²) >= 11 is 1.74. The lowest BCUT2D eigenvalue weighted by Gasteiger charge is -2.03. The van der Waals surface area contributed by atoms with Gasteiger partial charge in [0, 0.05) is 24.2 Å². The van der Waals surface area contributed by atoms with Gasteiger partial charge in [0.25, 0.3) is 0 Å². The lowest BCUT2D eigenvalue weighted by Crippen LogP contribution is -1.88. The van der Waals surface area contributed by atoms with Gasteiger partial charge in [-0.05, 0) is 48.2 Å². The van der Waals surface area contributed by atoms with Crippen LogP contribution in [0.3, 0.4) is 0 Å². The molecule has 0 spiro atoms. The van der Waals surface area contributed by atoms with Gasteiger partial charge in [-0.1, -0.05) is 6.07 Å². The SMILES string of the molecule is Cc1csc(-c2nc3ccccn3c2-c2ccncc2)c1. The first-order valence-corrected chi connectivity index (χ1v) is 7.64. The monoisotopic (exact) mass is 291 g/mol. The van der Waals surface area contributed by atoms with Gasteiger partial charge in [-0.15, -0.1) is 11.3 Å². The Morgan fingerprint density at radius 3 is 2.71 bits per heavy atom. The highest BCUT2D eigenvalue weighted by Gasteiger charge is 2.16. The van der Waals surface area contributed by atoms with E-state index in [1.807, 2.05) is 42.7 Å². The molecule has 0 aromatic carbocycles. The quantitative estimate of drug-likeness (QED) is 0.547. The maximum absolute atomic E-state index is 4.83. The van der Waals surface area contributed by atoms with E-state index in [0.29, 0.717) is 0 Å². The van der Waals surface area contributed by atoms with Crippen LogP contribution in [-0.4, -0.2) is 14.4 Å². The number of hydrogen-bond donors (Lipinski definition) is 0. The molecule has 21 heavy (non-hydrogen) atoms. The standard InChI is InChI=1S/C17H13N3S/c1-12-10-14(21-11-12)16-17(13-5-7-18-8-6-13)20-9-3-2-4-15(20)19-16/h2-11H,1H3. The second kappa shape index (κ2) is 4.82. The van der Waals surface area contributed by atoms with Gasteiger partial charge in [-0.3, -0.25) is 9.38 Å². The Labute approximate surface area is 126 Å². The second-order valence-electron chi connectivity index (χ2n) is 4.96. The Bertz CT molecular complexity index is 906. The van der Waals surface area contributed by atoms with Crippen LogP contribution in [0.15, 0.2) is 60.4 Å². The molecule has 0 amide bonds. The van der Waals surface area contributed by atoms with Crippen molar-refractivity contribution in [1.29, 1.82) is 0 Å². The Balaban J connectivity index is 2.06. The van der Waals surface area contributed by atoms with E-state index in [1.165, 1.54) is 10.4 Å². The van der Waals surface area contributed by atoms with Gasteiger partial charge < -0.3 is 0 Å². The molecule has 4 heteroatoms. The topological polar surface area (TPSA) is 30.2 Å². The molecular weight excluding hydrogens is 278 g/mol. The van der Waals surface area contributed by atoms with Gasteiger partial charge in [0.1, 0.15) is 11.3 Å². The van der Waals surface area contributed by atoms with Crippen LogP contribution in [0.1, 0.15) is 5.56 Å². The lowest BCUT2D eigenvalue weighted by molar-refractivity contribution is 1.19. The molecule has 0 radical (unpaired) electrons. The van der Waals surface area contributed by atoms with Crippen molar-refractivity contribution in [2.75, 3.05) is 0 Å². The summed E-state index contributed by atoms with van der Waals surface area (Å²) in [6.45, 7) is 2.11. The van der Waals surface area contributed by atoms with Gasteiger partial charge in [-0.2, -0.15) is 0 Å². The molecule has 0 aliphatic heterocycles. The van der Waals surface area contributed by atoms with Crippen molar-refractivity contribution in [2.24, 2.45) is 0 Å². The summed E-state index contributed by atoms with van der Waals surface area (Å²) in [5.74, 6) is 0. The van der Waals surface area contributed by atoms with E-state index < -0.39 is 0 Å². The number of rotatable bonds is 2. The molecule has 4 aromatic heterocycles. The van der Waals surface area contributed by atoms with Crippen LogP contribution < -0.4 is 0 Å². The molecule has 0 aliphatic carbocycles. The summed E-state index contributed by atoms with van der Waals surface area (Å²) in [5, 5.41) is 2.16. The van der Waals surface area contributed by atoms with Crippen molar-refractivity contribution in [3.05, 3.63) is 65.9 Å². The fourth-order valence-electron chi connectivity index (χ4n) is 2.51. The van der Waals surface area contributed by atoms with Crippen LogP contribution >= 0.6 is 11.3 Å². The molecule has 0 saturated carbocycles. The van der Waals surface area contributed by atoms with Crippen molar-refractivity contribution in [3.8, 4) is 21.8 Å². The molecule has 0 unspecified atom stereocenters. The van der Waals surface area contributed by atoms with E-state index in [1.54, 1.807) is 11.3 Å². The summed E-state index contributed by atoms with van der Waals surface area (Å²) in [6, 6.07) is 12.3. The zero-order chi connectivity index (χ0) is 14.2. The lowest BCUT2D eigenvalue weighted by atomic mass is 10.1. The number of nitrogens with zero attached hydrogens (tertiary/aromatic N) is 3. The number of pyridine rings is 2. The summed E-state index contributed by atoms with van der Waals surface area (Å²) in [5.41, 5.74) is 5.52. The molecular formula is C17H13N3S. The second-order valence-corrected chi connectivity index (χ2v) is 5.87. The third-order valence-electron chi connectivity index (χ3n) is 3.45. The Kier molecular flexibility index (Phi) is 2.82. The molecule has 4 aromatic rings. The third kappa shape index (κ3) is 2.04. The average Bonchev–Trinajstić information content (AvgIpc) is 3.11. The largest absolute Gasteiger partial charge is 0.299 e. The number of aryl methyl sites for hydroxylation is 1. The summed E-state index contributed by atoms with van der Waals surface area (Å²) in [4.78, 5) is 10.1. The van der Waals surface area contributed by atoms with Crippen LogP contribution in [-0.2, 0) is 0 Å². The van der Waals surface area contributed by atoms with E-state index in [4.69, 9.17) is 4.98 Å². The van der Waals surface area contributed by atoms with Gasteiger partial charge in [0.15, 0.2) is 0 Å². The van der Waals surface area contributed by atoms with Gasteiger partial charge in [0.2, 0.25) is 0 Å². The van der Waals surface area contributed by atoms with Crippen LogP contribution in [0.2, 0.25) is 0 Å². The normalized spacial score (nSPS) is 11.1. The predicted molar refractivity (Wildman–Crippen MR) is 86.5 cm³/mol. The third-order valence-corrected chi connectivity index (χ3v) is 4.50. The van der Waals surface area contributed by atoms with Crippen LogP contribution in [0.4, 0.5) is 0 Å². The first-order chi connectivity index (χ1) is 10.3. The van der Waals surface area contributed by atoms with E-state index in [-0.39, 0.29) is 0 Å². The highest BCUT2D eigenvalue weighted by Crippen LogP contribution is 2.35. The van der Waals surface area contributed by atoms with E-state index >= 15 is 0 Å². The van der Waals surface area contributed by atoms with E-state index in [2.05, 4.69) is 34.0 Å². The van der Waals surface area contributed by atoms with Crippen molar-refractivity contribution >= 4 is 17.0 Å². The highest BCUT2D eigenvalue weighted by atomic mass is 32.1. The molecule has 0 fully saturated rings. The number of aromatic nitrogens is 3. The minimum Gasteiger partial charge on any atom is -0.299 e. The predicted octanol–water partition coefficient (Wildman–Crippen LogP) is 4.43. The maximum atomic E-state index is 4.83. The first-order valence-electron chi connectivity index (χ1n) is 6.76. The fourth-order valence-corrected chi connectivity index (χ4v) is 3.40. The van der Waals surface area contributed by atoms with Gasteiger partial charge in [-0.25, -0.2) is 4.98 Å². The Morgan fingerprint density at radius 2 is 1.95 bits per heavy atom. The zero-order valence-corrected chi connectivity index (χ0v) is 12.3. The number of imidazole rings is 1. The molecule has 0 aliphatic rings. The van der Waals surface area contributed by atoms with Crippen molar-refractivity contribution in [1.82, 2.24) is 14.4 Å². The summed E-state index contributed by atoms with van der Waals surface area (Å²) in [6.07, 6.45) is 5.70. The fraction of sp³-hybridized carbons (Fsp3) is 0.0588. The van der Waals surface area contributed by atoms with Gasteiger partial charge in [0.05, 0.1) is 10.6 Å². The Hall–Kier alpha value is -2.46. The zero-order valence-electron chi connectivity index (χ0n) is 11.5. The summed E-state index contributed by atoms with van der Waals surface area (Å²) < 4.78 is 2.14. The van der Waals surface area contributed by atoms with Crippen LogP contribution in [0.5, 0.6) is 0 Å². The summed E-state index contributed by atoms with van der Waals surface area (Å²) in [7, 11) is 0. The van der Waals surface area contributed by atoms with Crippen molar-refractivity contribution in [2.45, 2.75) is 6.92 Å². The molecule has 4 rings (SSSR count). The number of fused-ring (bicyclic) bond motifs is 1. The van der Waals surface area contributed by atoms with E-state index in [9.17, 15) is 0 Å². The van der Waals surface area contributed by atoms with Crippen LogP contribution in [0, 0.1) is 6.92 Å². The average molecular weight is 291 g/mol. The van der Waals surface area contributed by atoms with Crippen molar-refractivity contribution in [3.63, 3.8) is 0 Å². The minimum atomic E-state index is 0.963. The number of thiophene rings is 1. The molecule has 3 nitrogen and oxygen atoms in total. The smallest absolute Gasteiger partial charge is 0.137 e. The molecule has 0 bridgehead atoms. The van der Waals surface area contributed by atoms with Crippen molar-refractivity contribution < 1.29 is 0 Å². The Morgan fingerprint density at radius 1 is 1.10 bits per heavy atom.